The molecular formula is C24H28N6O3. The van der Waals surface area contributed by atoms with Crippen molar-refractivity contribution in [3.63, 3.8) is 0 Å². The molecule has 0 saturated carbocycles. The summed E-state index contributed by atoms with van der Waals surface area (Å²) in [6.07, 6.45) is 4.97. The average molecular weight is 449 g/mol. The third-order valence-electron chi connectivity index (χ3n) is 5.52. The highest BCUT2D eigenvalue weighted by molar-refractivity contribution is 5.62. The van der Waals surface area contributed by atoms with Gasteiger partial charge in [-0.3, -0.25) is 4.68 Å². The molecule has 0 saturated heterocycles. The summed E-state index contributed by atoms with van der Waals surface area (Å²) in [7, 11) is 5.06. The fourth-order valence-corrected chi connectivity index (χ4v) is 3.71. The first-order valence-corrected chi connectivity index (χ1v) is 10.9. The monoisotopic (exact) mass is 448 g/mol. The molecule has 9 nitrogen and oxygen atoms in total. The SMILES string of the molecule is CCCCc1cc(-c2ccn(C)n2)ccc1OCc1c(OC)cccc1-n1nnn(C)c1=O. The van der Waals surface area contributed by atoms with Crippen LogP contribution in [0.2, 0.25) is 0 Å². The van der Waals surface area contributed by atoms with Gasteiger partial charge >= 0.3 is 5.69 Å². The second-order valence-electron chi connectivity index (χ2n) is 7.84. The molecule has 2 heterocycles. The van der Waals surface area contributed by atoms with Crippen LogP contribution >= 0.6 is 0 Å². The molecule has 9 heteroatoms. The van der Waals surface area contributed by atoms with Gasteiger partial charge in [0, 0.05) is 25.9 Å². The van der Waals surface area contributed by atoms with Crippen LogP contribution < -0.4 is 15.2 Å². The van der Waals surface area contributed by atoms with E-state index in [4.69, 9.17) is 9.47 Å². The van der Waals surface area contributed by atoms with E-state index in [1.165, 1.54) is 9.36 Å². The van der Waals surface area contributed by atoms with E-state index in [-0.39, 0.29) is 12.3 Å². The zero-order valence-corrected chi connectivity index (χ0v) is 19.4. The van der Waals surface area contributed by atoms with Crippen molar-refractivity contribution < 1.29 is 9.47 Å². The molecule has 0 radical (unpaired) electrons. The first-order valence-electron chi connectivity index (χ1n) is 10.9. The number of hydrogen-bond donors (Lipinski definition) is 0. The molecule has 0 spiro atoms. The lowest BCUT2D eigenvalue weighted by atomic mass is 10.0. The van der Waals surface area contributed by atoms with Crippen LogP contribution in [0.25, 0.3) is 16.9 Å². The van der Waals surface area contributed by atoms with Crippen molar-refractivity contribution in [2.45, 2.75) is 32.8 Å². The smallest absolute Gasteiger partial charge is 0.368 e. The molecule has 2 aromatic heterocycles. The van der Waals surface area contributed by atoms with Crippen molar-refractivity contribution in [3.8, 4) is 28.4 Å². The summed E-state index contributed by atoms with van der Waals surface area (Å²) in [6, 6.07) is 13.6. The van der Waals surface area contributed by atoms with Crippen LogP contribution in [-0.4, -0.2) is 36.7 Å². The highest BCUT2D eigenvalue weighted by Crippen LogP contribution is 2.30. The molecule has 2 aromatic carbocycles. The lowest BCUT2D eigenvalue weighted by molar-refractivity contribution is 0.293. The number of ether oxygens (including phenoxy) is 2. The number of unbranched alkanes of at least 4 members (excludes halogenated alkanes) is 1. The zero-order chi connectivity index (χ0) is 23.4. The predicted molar refractivity (Wildman–Crippen MR) is 125 cm³/mol. The molecule has 0 fully saturated rings. The molecule has 0 aliphatic heterocycles. The Labute approximate surface area is 192 Å². The van der Waals surface area contributed by atoms with E-state index >= 15 is 0 Å². The maximum atomic E-state index is 12.5. The third kappa shape index (κ3) is 4.67. The highest BCUT2D eigenvalue weighted by atomic mass is 16.5. The van der Waals surface area contributed by atoms with Crippen LogP contribution in [0.4, 0.5) is 0 Å². The van der Waals surface area contributed by atoms with Crippen LogP contribution in [0, 0.1) is 0 Å². The summed E-state index contributed by atoms with van der Waals surface area (Å²) in [5.74, 6) is 1.41. The topological polar surface area (TPSA) is 89.0 Å². The number of aromatic nitrogens is 6. The van der Waals surface area contributed by atoms with Gasteiger partial charge in [0.1, 0.15) is 18.1 Å². The summed E-state index contributed by atoms with van der Waals surface area (Å²) in [5, 5.41) is 12.3. The van der Waals surface area contributed by atoms with Gasteiger partial charge in [-0.25, -0.2) is 4.79 Å². The van der Waals surface area contributed by atoms with Crippen LogP contribution in [0.15, 0.2) is 53.5 Å². The summed E-state index contributed by atoms with van der Waals surface area (Å²) in [4.78, 5) is 12.5. The van der Waals surface area contributed by atoms with Gasteiger partial charge in [0.25, 0.3) is 0 Å². The summed E-state index contributed by atoms with van der Waals surface area (Å²) < 4.78 is 16.1. The van der Waals surface area contributed by atoms with E-state index in [2.05, 4.69) is 28.5 Å². The Bertz CT molecular complexity index is 1300. The van der Waals surface area contributed by atoms with Gasteiger partial charge in [-0.1, -0.05) is 19.4 Å². The standard InChI is InChI=1S/C24H28N6O3/c1-5-6-8-18-15-17(20-13-14-28(2)25-20)11-12-22(18)33-16-19-21(9-7-10-23(19)32-4)30-24(31)29(3)26-27-30/h7,9-15H,5-6,8,16H2,1-4H3. The second-order valence-corrected chi connectivity index (χ2v) is 7.84. The molecule has 4 rings (SSSR count). The molecule has 0 bridgehead atoms. The fourth-order valence-electron chi connectivity index (χ4n) is 3.71. The van der Waals surface area contributed by atoms with E-state index in [0.717, 1.165) is 47.4 Å². The van der Waals surface area contributed by atoms with Crippen molar-refractivity contribution in [2.75, 3.05) is 7.11 Å². The Kier molecular flexibility index (Phi) is 6.58. The summed E-state index contributed by atoms with van der Waals surface area (Å²) in [5.41, 5.74) is 4.06. The van der Waals surface area contributed by atoms with Gasteiger partial charge in [-0.05, 0) is 65.2 Å². The van der Waals surface area contributed by atoms with E-state index in [1.54, 1.807) is 24.9 Å². The fraction of sp³-hybridized carbons (Fsp3) is 0.333. The molecule has 172 valence electrons. The first-order chi connectivity index (χ1) is 16.0. The van der Waals surface area contributed by atoms with Crippen LogP contribution in [-0.2, 0) is 27.1 Å². The van der Waals surface area contributed by atoms with E-state index in [0.29, 0.717) is 11.4 Å². The molecule has 0 aliphatic carbocycles. The Morgan fingerprint density at radius 1 is 1.03 bits per heavy atom. The molecule has 0 N–H and O–H groups in total. The molecule has 0 amide bonds. The number of benzene rings is 2. The Morgan fingerprint density at radius 3 is 2.55 bits per heavy atom. The number of rotatable bonds is 9. The van der Waals surface area contributed by atoms with E-state index in [1.807, 2.05) is 43.6 Å². The number of methoxy groups -OCH3 is 1. The predicted octanol–water partition coefficient (Wildman–Crippen LogP) is 3.30. The van der Waals surface area contributed by atoms with Crippen molar-refractivity contribution in [3.05, 3.63) is 70.3 Å². The van der Waals surface area contributed by atoms with Crippen molar-refractivity contribution in [1.82, 2.24) is 29.6 Å². The Hall–Kier alpha value is -3.88. The molecular weight excluding hydrogens is 420 g/mol. The maximum absolute atomic E-state index is 12.5. The van der Waals surface area contributed by atoms with E-state index in [9.17, 15) is 4.79 Å². The molecule has 0 aliphatic rings. The maximum Gasteiger partial charge on any atom is 0.368 e. The molecule has 0 atom stereocenters. The van der Waals surface area contributed by atoms with Gasteiger partial charge < -0.3 is 9.47 Å². The quantitative estimate of drug-likeness (QED) is 0.390. The average Bonchev–Trinajstić information content (AvgIpc) is 3.41. The zero-order valence-electron chi connectivity index (χ0n) is 19.4. The number of hydrogen-bond acceptors (Lipinski definition) is 6. The minimum absolute atomic E-state index is 0.213. The highest BCUT2D eigenvalue weighted by Gasteiger charge is 2.17. The first kappa shape index (κ1) is 22.3. The number of tetrazole rings is 1. The van der Waals surface area contributed by atoms with Gasteiger partial charge in [0.05, 0.1) is 24.1 Å². The molecule has 0 unspecified atom stereocenters. The Balaban J connectivity index is 1.67. The largest absolute Gasteiger partial charge is 0.496 e. The van der Waals surface area contributed by atoms with Gasteiger partial charge in [0.15, 0.2) is 0 Å². The van der Waals surface area contributed by atoms with Crippen LogP contribution in [0.3, 0.4) is 0 Å². The van der Waals surface area contributed by atoms with E-state index < -0.39 is 0 Å². The summed E-state index contributed by atoms with van der Waals surface area (Å²) >= 11 is 0. The lowest BCUT2D eigenvalue weighted by Gasteiger charge is -2.16. The third-order valence-corrected chi connectivity index (χ3v) is 5.52. The summed E-state index contributed by atoms with van der Waals surface area (Å²) in [6.45, 7) is 2.38. The minimum Gasteiger partial charge on any atom is -0.496 e. The van der Waals surface area contributed by atoms with Gasteiger partial charge in [0.2, 0.25) is 0 Å². The Morgan fingerprint density at radius 2 is 1.88 bits per heavy atom. The van der Waals surface area contributed by atoms with Crippen molar-refractivity contribution >= 4 is 0 Å². The molecule has 33 heavy (non-hydrogen) atoms. The van der Waals surface area contributed by atoms with Crippen LogP contribution in [0.1, 0.15) is 30.9 Å². The van der Waals surface area contributed by atoms with Crippen molar-refractivity contribution in [1.29, 1.82) is 0 Å². The normalized spacial score (nSPS) is 11.0. The van der Waals surface area contributed by atoms with Crippen LogP contribution in [0.5, 0.6) is 11.5 Å². The molecule has 4 aromatic rings. The lowest BCUT2D eigenvalue weighted by Crippen LogP contribution is -2.23. The number of aryl methyl sites for hydroxylation is 3. The van der Waals surface area contributed by atoms with Crippen molar-refractivity contribution in [2.24, 2.45) is 14.1 Å². The second kappa shape index (κ2) is 9.72. The number of nitrogens with zero attached hydrogens (tertiary/aromatic N) is 6. The minimum atomic E-state index is -0.340. The van der Waals surface area contributed by atoms with Gasteiger partial charge in [-0.15, -0.1) is 0 Å². The van der Waals surface area contributed by atoms with Gasteiger partial charge in [-0.2, -0.15) is 14.5 Å².